The molecule has 7 nitrogen and oxygen atoms in total. The van der Waals surface area contributed by atoms with Crippen LogP contribution in [0, 0.1) is 0 Å². The van der Waals surface area contributed by atoms with Crippen LogP contribution in [0.2, 0.25) is 0 Å². The van der Waals surface area contributed by atoms with Gasteiger partial charge in [0.1, 0.15) is 11.5 Å². The number of rotatable bonds is 10. The molecule has 1 N–H and O–H groups in total. The minimum Gasteiger partial charge on any atom is -0.497 e. The molecule has 8 heteroatoms. The molecule has 0 bridgehead atoms. The number of benzene rings is 1. The predicted molar refractivity (Wildman–Crippen MR) is 113 cm³/mol. The van der Waals surface area contributed by atoms with E-state index in [2.05, 4.69) is 22.4 Å². The fourth-order valence-corrected chi connectivity index (χ4v) is 3.77. The number of amides is 1. The molecule has 0 spiro atoms. The first kappa shape index (κ1) is 21.0. The molecular weight excluding hydrogens is 388 g/mol. The van der Waals surface area contributed by atoms with Crippen LogP contribution >= 0.6 is 11.8 Å². The van der Waals surface area contributed by atoms with E-state index in [4.69, 9.17) is 9.15 Å². The van der Waals surface area contributed by atoms with Gasteiger partial charge in [0.05, 0.1) is 25.7 Å². The highest BCUT2D eigenvalue weighted by Gasteiger charge is 2.18. The van der Waals surface area contributed by atoms with Gasteiger partial charge in [0.15, 0.2) is 11.0 Å². The van der Waals surface area contributed by atoms with Crippen molar-refractivity contribution in [2.24, 2.45) is 0 Å². The van der Waals surface area contributed by atoms with Gasteiger partial charge >= 0.3 is 0 Å². The van der Waals surface area contributed by atoms with Gasteiger partial charge in [-0.15, -0.1) is 10.2 Å². The molecule has 2 aromatic heterocycles. The first-order chi connectivity index (χ1) is 14.1. The van der Waals surface area contributed by atoms with Crippen molar-refractivity contribution in [3.05, 3.63) is 48.4 Å². The fraction of sp³-hybridized carbons (Fsp3) is 0.381. The Hall–Kier alpha value is -2.74. The first-order valence-electron chi connectivity index (χ1n) is 9.62. The summed E-state index contributed by atoms with van der Waals surface area (Å²) in [5, 5.41) is 12.4. The highest BCUT2D eigenvalue weighted by atomic mass is 32.2. The molecular formula is C21H26N4O3S. The highest BCUT2D eigenvalue weighted by Crippen LogP contribution is 2.27. The van der Waals surface area contributed by atoms with E-state index in [9.17, 15) is 4.79 Å². The monoisotopic (exact) mass is 414 g/mol. The SMILES string of the molecule is CCC[C@H](C)NC(=O)CSc1nnc(-c2cccc(OC)c2)n1Cc1ccco1. The summed E-state index contributed by atoms with van der Waals surface area (Å²) in [6, 6.07) is 11.6. The molecule has 2 heterocycles. The Labute approximate surface area is 174 Å². The van der Waals surface area contributed by atoms with Gasteiger partial charge in [-0.1, -0.05) is 37.2 Å². The van der Waals surface area contributed by atoms with E-state index in [1.165, 1.54) is 11.8 Å². The maximum Gasteiger partial charge on any atom is 0.230 e. The van der Waals surface area contributed by atoms with Gasteiger partial charge in [-0.25, -0.2) is 0 Å². The Morgan fingerprint density at radius 1 is 1.31 bits per heavy atom. The summed E-state index contributed by atoms with van der Waals surface area (Å²) in [6.07, 6.45) is 3.64. The smallest absolute Gasteiger partial charge is 0.230 e. The number of hydrogen-bond donors (Lipinski definition) is 1. The molecule has 0 radical (unpaired) electrons. The lowest BCUT2D eigenvalue weighted by Crippen LogP contribution is -2.33. The van der Waals surface area contributed by atoms with Crippen molar-refractivity contribution in [3.8, 4) is 17.1 Å². The lowest BCUT2D eigenvalue weighted by atomic mass is 10.2. The minimum absolute atomic E-state index is 0.00794. The van der Waals surface area contributed by atoms with Crippen LogP contribution in [0.3, 0.4) is 0 Å². The Morgan fingerprint density at radius 3 is 2.90 bits per heavy atom. The zero-order valence-corrected chi connectivity index (χ0v) is 17.7. The van der Waals surface area contributed by atoms with Crippen LogP contribution in [0.25, 0.3) is 11.4 Å². The van der Waals surface area contributed by atoms with Crippen LogP contribution in [0.15, 0.2) is 52.2 Å². The van der Waals surface area contributed by atoms with Gasteiger partial charge in [-0.2, -0.15) is 0 Å². The predicted octanol–water partition coefficient (Wildman–Crippen LogP) is 3.99. The molecule has 0 saturated carbocycles. The van der Waals surface area contributed by atoms with Gasteiger partial charge in [0.2, 0.25) is 5.91 Å². The van der Waals surface area contributed by atoms with E-state index in [0.29, 0.717) is 17.5 Å². The normalized spacial score (nSPS) is 12.0. The number of aromatic nitrogens is 3. The summed E-state index contributed by atoms with van der Waals surface area (Å²) in [6.45, 7) is 4.60. The molecule has 1 aromatic carbocycles. The maximum atomic E-state index is 12.3. The average Bonchev–Trinajstić information content (AvgIpc) is 3.37. The van der Waals surface area contributed by atoms with Crippen LogP contribution in [0.4, 0.5) is 0 Å². The van der Waals surface area contributed by atoms with Crippen LogP contribution in [0.5, 0.6) is 5.75 Å². The fourth-order valence-electron chi connectivity index (χ4n) is 3.02. The Balaban J connectivity index is 1.81. The Kier molecular flexibility index (Phi) is 7.35. The molecule has 3 aromatic rings. The Morgan fingerprint density at radius 2 is 2.17 bits per heavy atom. The number of ether oxygens (including phenoxy) is 1. The lowest BCUT2D eigenvalue weighted by molar-refractivity contribution is -0.119. The second kappa shape index (κ2) is 10.2. The van der Waals surface area contributed by atoms with Crippen molar-refractivity contribution in [1.82, 2.24) is 20.1 Å². The Bertz CT molecular complexity index is 924. The molecule has 0 saturated heterocycles. The summed E-state index contributed by atoms with van der Waals surface area (Å²) in [4.78, 5) is 12.3. The van der Waals surface area contributed by atoms with Gasteiger partial charge in [-0.05, 0) is 37.6 Å². The summed E-state index contributed by atoms with van der Waals surface area (Å²) >= 11 is 1.37. The second-order valence-electron chi connectivity index (χ2n) is 6.75. The van der Waals surface area contributed by atoms with Crippen LogP contribution in [-0.2, 0) is 11.3 Å². The van der Waals surface area contributed by atoms with Gasteiger partial charge in [0.25, 0.3) is 0 Å². The molecule has 1 atom stereocenters. The van der Waals surface area contributed by atoms with Crippen LogP contribution in [-0.4, -0.2) is 39.6 Å². The third-order valence-corrected chi connectivity index (χ3v) is 5.37. The van der Waals surface area contributed by atoms with Crippen LogP contribution < -0.4 is 10.1 Å². The first-order valence-corrected chi connectivity index (χ1v) is 10.6. The van der Waals surface area contributed by atoms with Crippen molar-refractivity contribution in [3.63, 3.8) is 0 Å². The molecule has 3 rings (SSSR count). The lowest BCUT2D eigenvalue weighted by Gasteiger charge is -2.13. The van der Waals surface area contributed by atoms with Crippen molar-refractivity contribution >= 4 is 17.7 Å². The number of nitrogens with one attached hydrogen (secondary N) is 1. The molecule has 0 unspecified atom stereocenters. The van der Waals surface area contributed by atoms with Crippen molar-refractivity contribution in [1.29, 1.82) is 0 Å². The largest absolute Gasteiger partial charge is 0.497 e. The quantitative estimate of drug-likeness (QED) is 0.505. The molecule has 1 amide bonds. The molecule has 0 aliphatic rings. The minimum atomic E-state index is -0.00794. The topological polar surface area (TPSA) is 82.2 Å². The van der Waals surface area contributed by atoms with Crippen molar-refractivity contribution < 1.29 is 13.9 Å². The van der Waals surface area contributed by atoms with Crippen LogP contribution in [0.1, 0.15) is 32.4 Å². The van der Waals surface area contributed by atoms with E-state index in [1.54, 1.807) is 13.4 Å². The zero-order valence-electron chi connectivity index (χ0n) is 16.9. The molecule has 0 fully saturated rings. The number of nitrogens with zero attached hydrogens (tertiary/aromatic N) is 3. The number of hydrogen-bond acceptors (Lipinski definition) is 6. The zero-order chi connectivity index (χ0) is 20.6. The maximum absolute atomic E-state index is 12.3. The van der Waals surface area contributed by atoms with Gasteiger partial charge in [-0.3, -0.25) is 9.36 Å². The third kappa shape index (κ3) is 5.63. The van der Waals surface area contributed by atoms with E-state index >= 15 is 0 Å². The van der Waals surface area contributed by atoms with Crippen molar-refractivity contribution in [2.75, 3.05) is 12.9 Å². The third-order valence-electron chi connectivity index (χ3n) is 4.40. The molecule has 0 aliphatic heterocycles. The van der Waals surface area contributed by atoms with Gasteiger partial charge < -0.3 is 14.5 Å². The van der Waals surface area contributed by atoms with E-state index in [-0.39, 0.29) is 17.7 Å². The molecule has 154 valence electrons. The van der Waals surface area contributed by atoms with Gasteiger partial charge in [0, 0.05) is 11.6 Å². The molecule has 29 heavy (non-hydrogen) atoms. The summed E-state index contributed by atoms with van der Waals surface area (Å²) in [5.74, 6) is 2.50. The summed E-state index contributed by atoms with van der Waals surface area (Å²) < 4.78 is 12.8. The summed E-state index contributed by atoms with van der Waals surface area (Å²) in [7, 11) is 1.63. The number of furan rings is 1. The number of methoxy groups -OCH3 is 1. The summed E-state index contributed by atoms with van der Waals surface area (Å²) in [5.41, 5.74) is 0.885. The van der Waals surface area contributed by atoms with E-state index in [1.807, 2.05) is 47.9 Å². The number of thioether (sulfide) groups is 1. The average molecular weight is 415 g/mol. The molecule has 0 aliphatic carbocycles. The van der Waals surface area contributed by atoms with E-state index < -0.39 is 0 Å². The highest BCUT2D eigenvalue weighted by molar-refractivity contribution is 7.99. The standard InChI is InChI=1S/C21H26N4O3S/c1-4-7-15(2)22-19(26)14-29-21-24-23-20(16-8-5-9-17(12-16)27-3)25(21)13-18-10-6-11-28-18/h5-6,8-12,15H,4,7,13-14H2,1-3H3,(H,22,26)/t15-/m0/s1. The van der Waals surface area contributed by atoms with Crippen molar-refractivity contribution in [2.45, 2.75) is 44.4 Å². The van der Waals surface area contributed by atoms with E-state index in [0.717, 1.165) is 29.9 Å². The number of carbonyl (C=O) groups is 1. The second-order valence-corrected chi connectivity index (χ2v) is 7.69. The number of carbonyl (C=O) groups excluding carboxylic acids is 1.